The molecule has 0 saturated carbocycles. The lowest BCUT2D eigenvalue weighted by molar-refractivity contribution is 0.426. The van der Waals surface area contributed by atoms with Gasteiger partial charge in [-0.1, -0.05) is 24.0 Å². The molecule has 0 fully saturated rings. The summed E-state index contributed by atoms with van der Waals surface area (Å²) in [4.78, 5) is 0. The van der Waals surface area contributed by atoms with Crippen LogP contribution in [-0.2, 0) is 0 Å². The Labute approximate surface area is 89.1 Å². The third kappa shape index (κ3) is 3.87. The van der Waals surface area contributed by atoms with Crippen molar-refractivity contribution in [2.45, 2.75) is 12.8 Å². The van der Waals surface area contributed by atoms with Crippen molar-refractivity contribution in [2.75, 3.05) is 0 Å². The number of rotatable bonds is 2. The van der Waals surface area contributed by atoms with E-state index < -0.39 is 7.12 Å². The van der Waals surface area contributed by atoms with Gasteiger partial charge in [0.15, 0.2) is 0 Å². The zero-order valence-electron chi connectivity index (χ0n) is 8.14. The lowest BCUT2D eigenvalue weighted by Gasteiger charge is -1.97. The van der Waals surface area contributed by atoms with Crippen LogP contribution in [0.4, 0.5) is 0 Å². The van der Waals surface area contributed by atoms with E-state index in [1.165, 1.54) is 0 Å². The first-order valence-electron chi connectivity index (χ1n) is 4.56. The maximum Gasteiger partial charge on any atom is 0.488 e. The molecule has 0 saturated heterocycles. The van der Waals surface area contributed by atoms with Crippen molar-refractivity contribution < 1.29 is 10.0 Å². The van der Waals surface area contributed by atoms with Crippen LogP contribution in [0.5, 0.6) is 0 Å². The second-order valence-electron chi connectivity index (χ2n) is 2.96. The van der Waals surface area contributed by atoms with E-state index in [0.29, 0.717) is 18.3 Å². The fourth-order valence-corrected chi connectivity index (χ4v) is 1.02. The molecule has 0 aliphatic heterocycles. The molecule has 0 bridgehead atoms. The summed E-state index contributed by atoms with van der Waals surface area (Å²) in [6, 6.07) is 8.66. The van der Waals surface area contributed by atoms with Gasteiger partial charge in [0.25, 0.3) is 0 Å². The van der Waals surface area contributed by atoms with Gasteiger partial charge in [0.05, 0.1) is 6.07 Å². The molecule has 0 atom stereocenters. The Morgan fingerprint density at radius 1 is 1.13 bits per heavy atom. The number of nitriles is 1. The van der Waals surface area contributed by atoms with Crippen LogP contribution in [-0.4, -0.2) is 17.2 Å². The fourth-order valence-electron chi connectivity index (χ4n) is 1.02. The van der Waals surface area contributed by atoms with Crippen molar-refractivity contribution >= 4 is 12.6 Å². The van der Waals surface area contributed by atoms with Crippen molar-refractivity contribution in [3.8, 4) is 17.9 Å². The van der Waals surface area contributed by atoms with Crippen LogP contribution in [0.1, 0.15) is 18.4 Å². The quantitative estimate of drug-likeness (QED) is 0.401. The van der Waals surface area contributed by atoms with Gasteiger partial charge in [0.2, 0.25) is 0 Å². The molecule has 1 aromatic carbocycles. The lowest BCUT2D eigenvalue weighted by atomic mass is 9.80. The average Bonchev–Trinajstić information content (AvgIpc) is 2.25. The van der Waals surface area contributed by atoms with E-state index in [9.17, 15) is 0 Å². The Morgan fingerprint density at radius 3 is 2.33 bits per heavy atom. The molecule has 0 radical (unpaired) electrons. The van der Waals surface area contributed by atoms with Crippen LogP contribution in [0.2, 0.25) is 0 Å². The zero-order chi connectivity index (χ0) is 11.1. The molecule has 0 aliphatic rings. The first-order chi connectivity index (χ1) is 7.24. The molecular weight excluding hydrogens is 189 g/mol. The summed E-state index contributed by atoms with van der Waals surface area (Å²) in [5.74, 6) is 5.74. The Balaban J connectivity index is 2.63. The maximum atomic E-state index is 8.84. The molecule has 0 spiro atoms. The van der Waals surface area contributed by atoms with Gasteiger partial charge in [-0.25, -0.2) is 0 Å². The number of hydrogen-bond donors (Lipinski definition) is 2. The molecule has 0 unspecified atom stereocenters. The first kappa shape index (κ1) is 11.3. The van der Waals surface area contributed by atoms with Crippen LogP contribution >= 0.6 is 0 Å². The topological polar surface area (TPSA) is 64.2 Å². The molecule has 0 aromatic heterocycles. The monoisotopic (exact) mass is 199 g/mol. The van der Waals surface area contributed by atoms with E-state index in [2.05, 4.69) is 11.8 Å². The Bertz CT molecular complexity index is 409. The molecule has 4 heteroatoms. The van der Waals surface area contributed by atoms with Crippen LogP contribution < -0.4 is 5.46 Å². The molecule has 3 nitrogen and oxygen atoms in total. The van der Waals surface area contributed by atoms with Gasteiger partial charge >= 0.3 is 7.12 Å². The maximum absolute atomic E-state index is 8.84. The van der Waals surface area contributed by atoms with Gasteiger partial charge in [0.1, 0.15) is 0 Å². The second-order valence-corrected chi connectivity index (χ2v) is 2.96. The van der Waals surface area contributed by atoms with E-state index in [4.69, 9.17) is 15.3 Å². The number of hydrogen-bond acceptors (Lipinski definition) is 3. The van der Waals surface area contributed by atoms with Crippen molar-refractivity contribution in [1.82, 2.24) is 0 Å². The molecular formula is C11H10BNO2. The summed E-state index contributed by atoms with van der Waals surface area (Å²) >= 11 is 0. The molecule has 0 amide bonds. The summed E-state index contributed by atoms with van der Waals surface area (Å²) in [5.41, 5.74) is 1.25. The summed E-state index contributed by atoms with van der Waals surface area (Å²) in [6.07, 6.45) is 0.987. The van der Waals surface area contributed by atoms with Crippen LogP contribution in [0, 0.1) is 23.2 Å². The fraction of sp³-hybridized carbons (Fsp3) is 0.182. The Kier molecular flexibility index (Phi) is 4.44. The van der Waals surface area contributed by atoms with Crippen LogP contribution in [0.15, 0.2) is 24.3 Å². The van der Waals surface area contributed by atoms with Crippen molar-refractivity contribution in [1.29, 1.82) is 5.26 Å². The number of unbranched alkanes of at least 4 members (excludes halogenated alkanes) is 1. The first-order valence-corrected chi connectivity index (χ1v) is 4.56. The average molecular weight is 199 g/mol. The standard InChI is InChI=1S/C11H10BNO2/c13-9-3-1-2-4-10-5-7-11(8-6-10)12(14)15/h5-8,14-15H,1,3H2. The molecule has 0 aliphatic carbocycles. The largest absolute Gasteiger partial charge is 0.488 e. The van der Waals surface area contributed by atoms with Gasteiger partial charge in [-0.15, -0.1) is 0 Å². The third-order valence-corrected chi connectivity index (χ3v) is 1.80. The van der Waals surface area contributed by atoms with Crippen molar-refractivity contribution in [2.24, 2.45) is 0 Å². The predicted molar refractivity (Wildman–Crippen MR) is 58.0 cm³/mol. The van der Waals surface area contributed by atoms with Gasteiger partial charge < -0.3 is 10.0 Å². The minimum Gasteiger partial charge on any atom is -0.423 e. The molecule has 1 rings (SSSR count). The summed E-state index contributed by atoms with van der Waals surface area (Å²) in [6.45, 7) is 0. The molecule has 2 N–H and O–H groups in total. The van der Waals surface area contributed by atoms with Gasteiger partial charge in [0, 0.05) is 18.4 Å². The van der Waals surface area contributed by atoms with Crippen LogP contribution in [0.3, 0.4) is 0 Å². The second kappa shape index (κ2) is 5.88. The van der Waals surface area contributed by atoms with Gasteiger partial charge in [-0.3, -0.25) is 0 Å². The van der Waals surface area contributed by atoms with Crippen molar-refractivity contribution in [3.63, 3.8) is 0 Å². The summed E-state index contributed by atoms with van der Waals surface area (Å²) < 4.78 is 0. The minimum absolute atomic E-state index is 0.431. The van der Waals surface area contributed by atoms with Crippen LogP contribution in [0.25, 0.3) is 0 Å². The summed E-state index contributed by atoms with van der Waals surface area (Å²) in [7, 11) is -1.44. The zero-order valence-corrected chi connectivity index (χ0v) is 8.14. The lowest BCUT2D eigenvalue weighted by Crippen LogP contribution is -2.29. The number of benzene rings is 1. The van der Waals surface area contributed by atoms with E-state index in [0.717, 1.165) is 5.56 Å². The smallest absolute Gasteiger partial charge is 0.423 e. The Morgan fingerprint density at radius 2 is 1.80 bits per heavy atom. The summed E-state index contributed by atoms with van der Waals surface area (Å²) in [5, 5.41) is 26.0. The highest BCUT2D eigenvalue weighted by atomic mass is 16.4. The molecule has 1 aromatic rings. The third-order valence-electron chi connectivity index (χ3n) is 1.80. The number of nitrogens with zero attached hydrogens (tertiary/aromatic N) is 1. The van der Waals surface area contributed by atoms with Gasteiger partial charge in [-0.2, -0.15) is 5.26 Å². The van der Waals surface area contributed by atoms with E-state index in [1.54, 1.807) is 24.3 Å². The molecule has 0 heterocycles. The minimum atomic E-state index is -1.44. The SMILES string of the molecule is N#CCCC#Cc1ccc(B(O)O)cc1. The molecule has 15 heavy (non-hydrogen) atoms. The van der Waals surface area contributed by atoms with E-state index in [-0.39, 0.29) is 0 Å². The van der Waals surface area contributed by atoms with Crippen molar-refractivity contribution in [3.05, 3.63) is 29.8 Å². The highest BCUT2D eigenvalue weighted by Gasteiger charge is 2.08. The Hall–Kier alpha value is -1.75. The van der Waals surface area contributed by atoms with Gasteiger partial charge in [-0.05, 0) is 17.6 Å². The highest BCUT2D eigenvalue weighted by molar-refractivity contribution is 6.58. The van der Waals surface area contributed by atoms with E-state index in [1.807, 2.05) is 6.07 Å². The predicted octanol–water partition coefficient (Wildman–Crippen LogP) is 0.0217. The molecule has 74 valence electrons. The normalized spacial score (nSPS) is 8.60. The highest BCUT2D eigenvalue weighted by Crippen LogP contribution is 1.95. The van der Waals surface area contributed by atoms with E-state index >= 15 is 0 Å².